The zero-order valence-electron chi connectivity index (χ0n) is 20.6. The van der Waals surface area contributed by atoms with Crippen molar-refractivity contribution in [3.05, 3.63) is 24.0 Å². The zero-order valence-corrected chi connectivity index (χ0v) is 20.6. The summed E-state index contributed by atoms with van der Waals surface area (Å²) in [6.07, 6.45) is -2.31. The molecule has 3 heterocycles. The number of aliphatic carboxylic acids is 1. The predicted molar refractivity (Wildman–Crippen MR) is 119 cm³/mol. The first-order valence-electron chi connectivity index (χ1n) is 12.4. The average molecular weight is 508 g/mol. The van der Waals surface area contributed by atoms with Gasteiger partial charge in [0.25, 0.3) is 0 Å². The Balaban J connectivity index is 1.69. The second-order valence-electron chi connectivity index (χ2n) is 12.2. The van der Waals surface area contributed by atoms with E-state index in [0.717, 1.165) is 0 Å². The van der Waals surface area contributed by atoms with E-state index in [0.29, 0.717) is 0 Å². The van der Waals surface area contributed by atoms with Crippen LogP contribution in [0, 0.1) is 28.6 Å². The van der Waals surface area contributed by atoms with Crippen molar-refractivity contribution in [2.75, 3.05) is 0 Å². The van der Waals surface area contributed by atoms with E-state index in [4.69, 9.17) is 9.47 Å². The molecule has 11 heteroatoms. The average Bonchev–Trinajstić information content (AvgIpc) is 3.43. The number of hydrogen-bond acceptors (Lipinski definition) is 9. The molecule has 6 unspecified atom stereocenters. The molecule has 4 saturated carbocycles. The lowest BCUT2D eigenvalue weighted by Crippen LogP contribution is -2.76. The molecule has 36 heavy (non-hydrogen) atoms. The smallest absolute Gasteiger partial charge is 0.355 e. The molecule has 6 fully saturated rings. The number of ether oxygens (including phenoxy) is 2. The summed E-state index contributed by atoms with van der Waals surface area (Å²) in [4.78, 5) is 29.1. The van der Waals surface area contributed by atoms with E-state index in [1.54, 1.807) is 26.8 Å². The minimum absolute atomic E-state index is 0.0412. The number of nitrogens with one attached hydrogen (secondary N) is 1. The van der Waals surface area contributed by atoms with Crippen LogP contribution in [0.15, 0.2) is 18.3 Å². The fourth-order valence-corrected chi connectivity index (χ4v) is 9.50. The highest BCUT2D eigenvalue weighted by atomic mass is 16.7. The summed E-state index contributed by atoms with van der Waals surface area (Å²) in [5, 5.41) is 71.8. The number of H-pyrrole nitrogens is 1. The molecule has 11 atom stereocenters. The largest absolute Gasteiger partial charge is 0.481 e. The van der Waals surface area contributed by atoms with Gasteiger partial charge in [-0.3, -0.25) is 4.79 Å². The molecule has 11 nitrogen and oxygen atoms in total. The van der Waals surface area contributed by atoms with Gasteiger partial charge in [0.1, 0.15) is 34.0 Å². The molecular formula is C25H33NO10. The third-order valence-corrected chi connectivity index (χ3v) is 11.1. The van der Waals surface area contributed by atoms with Crippen LogP contribution in [-0.4, -0.2) is 88.0 Å². The van der Waals surface area contributed by atoms with Crippen LogP contribution in [0.1, 0.15) is 57.4 Å². The third-order valence-electron chi connectivity index (χ3n) is 11.1. The Morgan fingerprint density at radius 1 is 1.22 bits per heavy atom. The normalized spacial score (nSPS) is 56.3. The summed E-state index contributed by atoms with van der Waals surface area (Å²) in [7, 11) is 0. The van der Waals surface area contributed by atoms with Crippen LogP contribution < -0.4 is 0 Å². The van der Waals surface area contributed by atoms with Crippen molar-refractivity contribution in [3.63, 3.8) is 0 Å². The van der Waals surface area contributed by atoms with Crippen molar-refractivity contribution in [3.8, 4) is 0 Å². The highest BCUT2D eigenvalue weighted by molar-refractivity contribution is 5.88. The Labute approximate surface area is 207 Å². The lowest BCUT2D eigenvalue weighted by atomic mass is 9.53. The van der Waals surface area contributed by atoms with Gasteiger partial charge in [-0.25, -0.2) is 4.79 Å². The van der Waals surface area contributed by atoms with Crippen LogP contribution in [0.25, 0.3) is 0 Å². The van der Waals surface area contributed by atoms with Crippen LogP contribution in [0.3, 0.4) is 0 Å². The number of aromatic nitrogens is 1. The molecule has 0 aromatic carbocycles. The van der Waals surface area contributed by atoms with Crippen LogP contribution in [0.5, 0.6) is 0 Å². The Hall–Kier alpha value is -2.02. The van der Waals surface area contributed by atoms with Gasteiger partial charge in [0.05, 0.1) is 17.4 Å². The minimum Gasteiger partial charge on any atom is -0.481 e. The second-order valence-corrected chi connectivity index (χ2v) is 12.2. The molecule has 198 valence electrons. The molecule has 4 aliphatic carbocycles. The van der Waals surface area contributed by atoms with Gasteiger partial charge in [-0.15, -0.1) is 0 Å². The number of esters is 1. The minimum atomic E-state index is -2.48. The second kappa shape index (κ2) is 6.33. The third kappa shape index (κ3) is 1.85. The monoisotopic (exact) mass is 507 g/mol. The first kappa shape index (κ1) is 24.3. The van der Waals surface area contributed by atoms with Crippen LogP contribution in [0.2, 0.25) is 0 Å². The quantitative estimate of drug-likeness (QED) is 0.268. The molecule has 7 rings (SSSR count). The fraction of sp³-hybridized carbons (Fsp3) is 0.760. The van der Waals surface area contributed by atoms with Gasteiger partial charge < -0.3 is 45.1 Å². The zero-order chi connectivity index (χ0) is 26.5. The van der Waals surface area contributed by atoms with Crippen LogP contribution in [-0.2, 0) is 14.3 Å². The maximum Gasteiger partial charge on any atom is 0.355 e. The number of aromatic amines is 1. The van der Waals surface area contributed by atoms with E-state index in [1.165, 1.54) is 19.2 Å². The molecular weight excluding hydrogens is 474 g/mol. The summed E-state index contributed by atoms with van der Waals surface area (Å²) < 4.78 is 12.0. The van der Waals surface area contributed by atoms with Gasteiger partial charge in [-0.2, -0.15) is 0 Å². The molecule has 6 aliphatic rings. The topological polar surface area (TPSA) is 190 Å². The summed E-state index contributed by atoms with van der Waals surface area (Å²) in [6, 6.07) is 3.01. The Kier molecular flexibility index (Phi) is 4.28. The number of carboxylic acid groups (broad SMARTS) is 1. The summed E-state index contributed by atoms with van der Waals surface area (Å²) in [5.41, 5.74) is -13.7. The molecule has 1 aromatic rings. The van der Waals surface area contributed by atoms with E-state index in [-0.39, 0.29) is 18.5 Å². The standard InChI is InChI=1S/C25H33NO10/c1-11(2)23(33)16(35-17(28)13-6-5-9-26-13)14-20(18(29)30)10-22(32)19(23,4)24(14,34)25(36-22)15(27)12(3)7-8-21(20,25)31/h5-6,9,11-12,14-16,26-27,31-34H,7-8,10H2,1-4H3,(H,29,30)/t12?,14-,15?,16-,19-,20+,21?,22-,23?,24?,25?/m1/s1. The van der Waals surface area contributed by atoms with E-state index >= 15 is 0 Å². The van der Waals surface area contributed by atoms with Crippen LogP contribution in [0.4, 0.5) is 0 Å². The van der Waals surface area contributed by atoms with Gasteiger partial charge >= 0.3 is 11.9 Å². The highest BCUT2D eigenvalue weighted by Crippen LogP contribution is 2.89. The molecule has 2 saturated heterocycles. The summed E-state index contributed by atoms with van der Waals surface area (Å²) in [6.45, 7) is 6.28. The van der Waals surface area contributed by atoms with E-state index in [1.807, 2.05) is 0 Å². The number of aliphatic hydroxyl groups excluding tert-OH is 1. The van der Waals surface area contributed by atoms with Crippen molar-refractivity contribution >= 4 is 11.9 Å². The van der Waals surface area contributed by atoms with E-state index in [9.17, 15) is 40.2 Å². The van der Waals surface area contributed by atoms with Gasteiger partial charge in [0.2, 0.25) is 0 Å². The molecule has 0 radical (unpaired) electrons. The maximum absolute atomic E-state index is 13.2. The molecule has 1 spiro atoms. The summed E-state index contributed by atoms with van der Waals surface area (Å²) >= 11 is 0. The van der Waals surface area contributed by atoms with Crippen LogP contribution >= 0.6 is 0 Å². The summed E-state index contributed by atoms with van der Waals surface area (Å²) in [5.74, 6) is -7.81. The predicted octanol–water partition coefficient (Wildman–Crippen LogP) is -0.238. The fourth-order valence-electron chi connectivity index (χ4n) is 9.50. The van der Waals surface area contributed by atoms with Gasteiger partial charge in [0.15, 0.2) is 11.4 Å². The first-order chi connectivity index (χ1) is 16.6. The Morgan fingerprint density at radius 3 is 2.44 bits per heavy atom. The van der Waals surface area contributed by atoms with Crippen molar-refractivity contribution in [1.29, 1.82) is 0 Å². The first-order valence-corrected chi connectivity index (χ1v) is 12.4. The lowest BCUT2D eigenvalue weighted by Gasteiger charge is -2.59. The van der Waals surface area contributed by atoms with Crippen molar-refractivity contribution in [1.82, 2.24) is 4.98 Å². The lowest BCUT2D eigenvalue weighted by molar-refractivity contribution is -0.383. The van der Waals surface area contributed by atoms with Gasteiger partial charge in [-0.05, 0) is 43.7 Å². The molecule has 7 N–H and O–H groups in total. The molecule has 6 bridgehead atoms. The number of hydrogen-bond donors (Lipinski definition) is 7. The van der Waals surface area contributed by atoms with Crippen molar-refractivity contribution < 1.29 is 49.7 Å². The number of aliphatic hydroxyl groups is 5. The van der Waals surface area contributed by atoms with Gasteiger partial charge in [-0.1, -0.05) is 20.8 Å². The van der Waals surface area contributed by atoms with E-state index < -0.39 is 87.3 Å². The maximum atomic E-state index is 13.2. The van der Waals surface area contributed by atoms with Crippen molar-refractivity contribution in [2.45, 2.75) is 87.4 Å². The molecule has 1 aromatic heterocycles. The number of carbonyl (C=O) groups excluding carboxylic acids is 1. The molecule has 2 aliphatic heterocycles. The van der Waals surface area contributed by atoms with Crippen molar-refractivity contribution in [2.24, 2.45) is 28.6 Å². The SMILES string of the molecule is CC1CCC2(O)C3(O[C@]4(O)C[C@@]2(C(=O)O)[C@H]2[C@@H](OC(=O)c5ccc[nH]5)C(O)(C(C)C)[C@]4(C)C23O)C1O. The number of carbonyl (C=O) groups is 2. The van der Waals surface area contributed by atoms with Gasteiger partial charge in [0, 0.05) is 12.6 Å². The molecule has 0 amide bonds. The highest BCUT2D eigenvalue weighted by Gasteiger charge is 3.07. The van der Waals surface area contributed by atoms with E-state index in [2.05, 4.69) is 4.98 Å². The Morgan fingerprint density at radius 2 is 1.89 bits per heavy atom. The number of carboxylic acids is 1. The Bertz CT molecular complexity index is 1170. The number of rotatable bonds is 4.